The Labute approximate surface area is 163 Å². The summed E-state index contributed by atoms with van der Waals surface area (Å²) in [5.74, 6) is 0.0984. The van der Waals surface area contributed by atoms with Crippen LogP contribution in [0.5, 0.6) is 5.75 Å². The zero-order chi connectivity index (χ0) is 19.5. The molecule has 2 N–H and O–H groups in total. The quantitative estimate of drug-likeness (QED) is 0.562. The molecule has 0 saturated carbocycles. The number of carbonyl (C=O) groups is 2. The van der Waals surface area contributed by atoms with Crippen LogP contribution in [-0.2, 0) is 11.2 Å². The molecule has 0 aliphatic heterocycles. The van der Waals surface area contributed by atoms with E-state index in [0.29, 0.717) is 11.3 Å². The molecule has 0 bridgehead atoms. The molecule has 0 saturated heterocycles. The van der Waals surface area contributed by atoms with Gasteiger partial charge in [-0.1, -0.05) is 30.3 Å². The zero-order valence-electron chi connectivity index (χ0n) is 15.5. The van der Waals surface area contributed by atoms with Gasteiger partial charge < -0.3 is 15.4 Å². The molecule has 4 rings (SSSR count). The molecule has 3 aromatic rings. The summed E-state index contributed by atoms with van der Waals surface area (Å²) >= 11 is 0. The fraction of sp³-hybridized carbons (Fsp3) is 0.130. The maximum Gasteiger partial charge on any atom is 0.251 e. The van der Waals surface area contributed by atoms with Crippen molar-refractivity contribution in [3.8, 4) is 16.9 Å². The van der Waals surface area contributed by atoms with Gasteiger partial charge in [0.15, 0.2) is 0 Å². The number of benzene rings is 3. The van der Waals surface area contributed by atoms with Crippen molar-refractivity contribution in [3.63, 3.8) is 0 Å². The van der Waals surface area contributed by atoms with Crippen LogP contribution in [0.3, 0.4) is 0 Å². The van der Waals surface area contributed by atoms with Crippen LogP contribution in [0.1, 0.15) is 21.5 Å². The van der Waals surface area contributed by atoms with Gasteiger partial charge in [0.2, 0.25) is 5.91 Å². The zero-order valence-corrected chi connectivity index (χ0v) is 15.5. The van der Waals surface area contributed by atoms with Gasteiger partial charge in [0.1, 0.15) is 5.75 Å². The van der Waals surface area contributed by atoms with E-state index >= 15 is 0 Å². The Morgan fingerprint density at radius 1 is 0.929 bits per heavy atom. The fourth-order valence-electron chi connectivity index (χ4n) is 3.41. The van der Waals surface area contributed by atoms with Crippen LogP contribution < -0.4 is 15.4 Å². The lowest BCUT2D eigenvalue weighted by Crippen LogP contribution is -2.32. The molecule has 5 nitrogen and oxygen atoms in total. The molecule has 0 spiro atoms. The number of hydrogen-bond donors (Lipinski definition) is 2. The predicted octanol–water partition coefficient (Wildman–Crippen LogP) is 3.63. The first-order valence-electron chi connectivity index (χ1n) is 9.07. The molecule has 1 aliphatic rings. The predicted molar refractivity (Wildman–Crippen MR) is 109 cm³/mol. The minimum atomic E-state index is -0.305. The van der Waals surface area contributed by atoms with Gasteiger partial charge in [0.05, 0.1) is 13.7 Å². The maximum atomic E-state index is 12.2. The highest BCUT2D eigenvalue weighted by Gasteiger charge is 2.18. The highest BCUT2D eigenvalue weighted by Crippen LogP contribution is 2.37. The number of anilines is 1. The second-order valence-corrected chi connectivity index (χ2v) is 6.67. The number of ether oxygens (including phenoxy) is 1. The summed E-state index contributed by atoms with van der Waals surface area (Å²) in [7, 11) is 1.57. The van der Waals surface area contributed by atoms with E-state index in [9.17, 15) is 9.59 Å². The first-order chi connectivity index (χ1) is 13.6. The Kier molecular flexibility index (Phi) is 4.81. The van der Waals surface area contributed by atoms with E-state index in [4.69, 9.17) is 4.74 Å². The van der Waals surface area contributed by atoms with E-state index in [1.165, 1.54) is 16.7 Å². The highest BCUT2D eigenvalue weighted by molar-refractivity contribution is 5.99. The van der Waals surface area contributed by atoms with Crippen molar-refractivity contribution in [1.82, 2.24) is 5.32 Å². The van der Waals surface area contributed by atoms with Gasteiger partial charge in [-0.15, -0.1) is 0 Å². The Morgan fingerprint density at radius 3 is 2.46 bits per heavy atom. The lowest BCUT2D eigenvalue weighted by atomic mass is 10.1. The average Bonchev–Trinajstić information content (AvgIpc) is 3.10. The molecule has 0 radical (unpaired) electrons. The van der Waals surface area contributed by atoms with Crippen LogP contribution >= 0.6 is 0 Å². The first-order valence-corrected chi connectivity index (χ1v) is 9.07. The van der Waals surface area contributed by atoms with Gasteiger partial charge in [0.25, 0.3) is 5.91 Å². The average molecular weight is 372 g/mol. The summed E-state index contributed by atoms with van der Waals surface area (Å²) in [6.07, 6.45) is 0.914. The van der Waals surface area contributed by atoms with Crippen molar-refractivity contribution in [2.75, 3.05) is 19.0 Å². The lowest BCUT2D eigenvalue weighted by molar-refractivity contribution is -0.115. The molecular weight excluding hydrogens is 352 g/mol. The van der Waals surface area contributed by atoms with E-state index < -0.39 is 0 Å². The van der Waals surface area contributed by atoms with E-state index in [1.54, 1.807) is 31.4 Å². The third-order valence-corrected chi connectivity index (χ3v) is 4.84. The van der Waals surface area contributed by atoms with Crippen molar-refractivity contribution in [3.05, 3.63) is 83.4 Å². The van der Waals surface area contributed by atoms with Crippen LogP contribution in [0, 0.1) is 0 Å². The molecular formula is C23H20N2O3. The van der Waals surface area contributed by atoms with Crippen LogP contribution in [-0.4, -0.2) is 25.5 Å². The summed E-state index contributed by atoms with van der Waals surface area (Å²) in [6.45, 7) is -0.0987. The SMILES string of the molecule is COc1ccc(C(=O)NCC(=O)Nc2ccc3c(c2)-c2ccccc2C3)cc1. The number of rotatable bonds is 5. The highest BCUT2D eigenvalue weighted by atomic mass is 16.5. The van der Waals surface area contributed by atoms with E-state index in [2.05, 4.69) is 22.8 Å². The van der Waals surface area contributed by atoms with Crippen LogP contribution in [0.2, 0.25) is 0 Å². The van der Waals surface area contributed by atoms with Crippen molar-refractivity contribution in [1.29, 1.82) is 0 Å². The molecule has 0 heterocycles. The van der Waals surface area contributed by atoms with Crippen molar-refractivity contribution in [2.45, 2.75) is 6.42 Å². The van der Waals surface area contributed by atoms with Crippen LogP contribution in [0.4, 0.5) is 5.69 Å². The molecule has 140 valence electrons. The van der Waals surface area contributed by atoms with Gasteiger partial charge >= 0.3 is 0 Å². The topological polar surface area (TPSA) is 67.4 Å². The Morgan fingerprint density at radius 2 is 1.68 bits per heavy atom. The van der Waals surface area contributed by atoms with Gasteiger partial charge in [-0.25, -0.2) is 0 Å². The third-order valence-electron chi connectivity index (χ3n) is 4.84. The summed E-state index contributed by atoms with van der Waals surface area (Å²) in [5.41, 5.74) is 6.11. The number of methoxy groups -OCH3 is 1. The Balaban J connectivity index is 1.38. The van der Waals surface area contributed by atoms with Gasteiger partial charge in [0, 0.05) is 11.3 Å². The molecule has 0 atom stereocenters. The standard InChI is InChI=1S/C23H20N2O3/c1-28-19-10-7-15(8-11-19)23(27)24-14-22(26)25-18-9-6-17-12-16-4-2-3-5-20(16)21(17)13-18/h2-11,13H,12,14H2,1H3,(H,24,27)(H,25,26). The lowest BCUT2D eigenvalue weighted by Gasteiger charge is -2.09. The minimum absolute atomic E-state index is 0.0987. The van der Waals surface area contributed by atoms with Gasteiger partial charge in [-0.2, -0.15) is 0 Å². The van der Waals surface area contributed by atoms with Gasteiger partial charge in [-0.05, 0) is 65.1 Å². The molecule has 1 aliphatic carbocycles. The number of hydrogen-bond acceptors (Lipinski definition) is 3. The van der Waals surface area contributed by atoms with Crippen molar-refractivity contribution < 1.29 is 14.3 Å². The maximum absolute atomic E-state index is 12.2. The Hall–Kier alpha value is -3.60. The summed E-state index contributed by atoms with van der Waals surface area (Å²) in [6, 6.07) is 20.9. The van der Waals surface area contributed by atoms with E-state index in [1.807, 2.05) is 30.3 Å². The molecule has 28 heavy (non-hydrogen) atoms. The number of nitrogens with one attached hydrogen (secondary N) is 2. The van der Waals surface area contributed by atoms with Crippen LogP contribution in [0.25, 0.3) is 11.1 Å². The number of fused-ring (bicyclic) bond motifs is 3. The number of carbonyl (C=O) groups excluding carboxylic acids is 2. The monoisotopic (exact) mass is 372 g/mol. The first kappa shape index (κ1) is 17.8. The summed E-state index contributed by atoms with van der Waals surface area (Å²) < 4.78 is 5.07. The molecule has 0 aromatic heterocycles. The molecule has 5 heteroatoms. The number of amides is 2. The van der Waals surface area contributed by atoms with Gasteiger partial charge in [-0.3, -0.25) is 9.59 Å². The van der Waals surface area contributed by atoms with Crippen LogP contribution in [0.15, 0.2) is 66.7 Å². The second kappa shape index (κ2) is 7.56. The van der Waals surface area contributed by atoms with E-state index in [-0.39, 0.29) is 18.4 Å². The normalized spacial score (nSPS) is 11.3. The molecule has 0 unspecified atom stereocenters. The van der Waals surface area contributed by atoms with E-state index in [0.717, 1.165) is 17.7 Å². The molecule has 2 amide bonds. The Bertz CT molecular complexity index is 1040. The molecule has 0 fully saturated rings. The molecule has 3 aromatic carbocycles. The summed E-state index contributed by atoms with van der Waals surface area (Å²) in [4.78, 5) is 24.4. The van der Waals surface area contributed by atoms with Crippen molar-refractivity contribution in [2.24, 2.45) is 0 Å². The largest absolute Gasteiger partial charge is 0.497 e. The van der Waals surface area contributed by atoms with Crippen molar-refractivity contribution >= 4 is 17.5 Å². The third kappa shape index (κ3) is 3.60. The fourth-order valence-corrected chi connectivity index (χ4v) is 3.41. The summed E-state index contributed by atoms with van der Waals surface area (Å²) in [5, 5.41) is 5.49. The smallest absolute Gasteiger partial charge is 0.251 e. The second-order valence-electron chi connectivity index (χ2n) is 6.67. The minimum Gasteiger partial charge on any atom is -0.497 e.